The lowest BCUT2D eigenvalue weighted by Crippen LogP contribution is -2.52. The van der Waals surface area contributed by atoms with E-state index in [1.54, 1.807) is 9.80 Å². The number of rotatable bonds is 4. The van der Waals surface area contributed by atoms with E-state index in [1.165, 1.54) is 18.2 Å². The fourth-order valence-electron chi connectivity index (χ4n) is 4.18. The molecule has 0 radical (unpaired) electrons. The number of carbonyl (C=O) groups is 2. The molecule has 2 amide bonds. The van der Waals surface area contributed by atoms with Crippen LogP contribution in [0.25, 0.3) is 0 Å². The Kier molecular flexibility index (Phi) is 6.45. The van der Waals surface area contributed by atoms with Gasteiger partial charge in [0.2, 0.25) is 5.91 Å². The average molecular weight is 517 g/mol. The first-order valence-corrected chi connectivity index (χ1v) is 10.9. The summed E-state index contributed by atoms with van der Waals surface area (Å²) < 4.78 is 38.9. The third-order valence-electron chi connectivity index (χ3n) is 5.88. The lowest BCUT2D eigenvalue weighted by Gasteiger charge is -2.37. The van der Waals surface area contributed by atoms with E-state index in [1.807, 2.05) is 0 Å². The number of anilines is 2. The molecule has 2 aliphatic heterocycles. The molecule has 34 heavy (non-hydrogen) atoms. The first-order valence-electron chi connectivity index (χ1n) is 10.1. The number of benzene rings is 2. The van der Waals surface area contributed by atoms with Gasteiger partial charge in [0.15, 0.2) is 0 Å². The second kappa shape index (κ2) is 9.05. The number of alkyl halides is 3. The topological polar surface area (TPSA) is 87.0 Å². The van der Waals surface area contributed by atoms with Crippen molar-refractivity contribution in [3.05, 3.63) is 62.1 Å². The molecule has 0 N–H and O–H groups in total. The summed E-state index contributed by atoms with van der Waals surface area (Å²) in [6.07, 6.45) is -4.74. The predicted molar refractivity (Wildman–Crippen MR) is 119 cm³/mol. The van der Waals surface area contributed by atoms with E-state index in [9.17, 15) is 32.9 Å². The Morgan fingerprint density at radius 3 is 2.24 bits per heavy atom. The largest absolute Gasteiger partial charge is 0.416 e. The molecule has 0 saturated carbocycles. The van der Waals surface area contributed by atoms with Crippen LogP contribution in [0.5, 0.6) is 0 Å². The Morgan fingerprint density at radius 1 is 0.971 bits per heavy atom. The summed E-state index contributed by atoms with van der Waals surface area (Å²) in [6, 6.07) is 6.15. The van der Waals surface area contributed by atoms with E-state index in [-0.39, 0.29) is 48.3 Å². The Morgan fingerprint density at radius 2 is 1.65 bits per heavy atom. The highest BCUT2D eigenvalue weighted by molar-refractivity contribution is 6.42. The zero-order chi connectivity index (χ0) is 24.8. The summed E-state index contributed by atoms with van der Waals surface area (Å²) in [7, 11) is 0. The fourth-order valence-corrected chi connectivity index (χ4v) is 4.48. The third-order valence-corrected chi connectivity index (χ3v) is 6.62. The Hall–Kier alpha value is -2.89. The lowest BCUT2D eigenvalue weighted by molar-refractivity contribution is -0.384. The van der Waals surface area contributed by atoms with Gasteiger partial charge < -0.3 is 4.90 Å². The molecule has 0 aliphatic carbocycles. The number of halogens is 5. The summed E-state index contributed by atoms with van der Waals surface area (Å²) >= 11 is 11.9. The van der Waals surface area contributed by atoms with Crippen LogP contribution in [0.1, 0.15) is 12.0 Å². The van der Waals surface area contributed by atoms with Crippen LogP contribution in [-0.4, -0.2) is 53.9 Å². The SMILES string of the molecule is O=C1CC(N2CCN(c3ccc(C(F)(F)F)cc3[N+](=O)[O-])CC2)C(=O)N1c1ccc(Cl)c(Cl)c1. The van der Waals surface area contributed by atoms with Gasteiger partial charge in [0.05, 0.1) is 38.7 Å². The van der Waals surface area contributed by atoms with E-state index in [0.29, 0.717) is 11.8 Å². The number of hydrogen-bond donors (Lipinski definition) is 0. The molecule has 2 heterocycles. The predicted octanol–water partition coefficient (Wildman–Crippen LogP) is 4.37. The highest BCUT2D eigenvalue weighted by Crippen LogP contribution is 2.37. The van der Waals surface area contributed by atoms with Crippen LogP contribution in [0.15, 0.2) is 36.4 Å². The van der Waals surface area contributed by atoms with Crippen molar-refractivity contribution in [3.63, 3.8) is 0 Å². The van der Waals surface area contributed by atoms with Crippen LogP contribution in [0, 0.1) is 10.1 Å². The van der Waals surface area contributed by atoms with E-state index in [4.69, 9.17) is 23.2 Å². The maximum atomic E-state index is 13.0. The van der Waals surface area contributed by atoms with Crippen molar-refractivity contribution in [1.82, 2.24) is 4.90 Å². The van der Waals surface area contributed by atoms with E-state index in [2.05, 4.69) is 0 Å². The third kappa shape index (κ3) is 4.55. The molecule has 1 unspecified atom stereocenters. The van der Waals surface area contributed by atoms with Crippen LogP contribution in [0.4, 0.5) is 30.2 Å². The minimum Gasteiger partial charge on any atom is -0.363 e. The first-order chi connectivity index (χ1) is 16.0. The number of piperazine rings is 1. The highest BCUT2D eigenvalue weighted by Gasteiger charge is 2.44. The maximum absolute atomic E-state index is 13.0. The summed E-state index contributed by atoms with van der Waals surface area (Å²) in [5, 5.41) is 11.9. The summed E-state index contributed by atoms with van der Waals surface area (Å²) in [4.78, 5) is 40.6. The number of nitro benzene ring substituents is 1. The van der Waals surface area contributed by atoms with Crippen LogP contribution in [0.3, 0.4) is 0 Å². The molecule has 8 nitrogen and oxygen atoms in total. The molecule has 2 aliphatic rings. The molecule has 2 aromatic carbocycles. The standard InChI is InChI=1S/C21H17Cl2F3N4O4/c22-14-3-2-13(10-15(14)23)29-19(31)11-18(20(29)32)28-7-5-27(6-8-28)16-4-1-12(21(24,25)26)9-17(16)30(33)34/h1-4,9-10,18H,5-8,11H2. The molecular formula is C21H17Cl2F3N4O4. The fraction of sp³-hybridized carbons (Fsp3) is 0.333. The van der Waals surface area contributed by atoms with Crippen molar-refractivity contribution in [2.24, 2.45) is 0 Å². The van der Waals surface area contributed by atoms with Crippen molar-refractivity contribution in [3.8, 4) is 0 Å². The maximum Gasteiger partial charge on any atom is 0.416 e. The smallest absolute Gasteiger partial charge is 0.363 e. The van der Waals surface area contributed by atoms with Gasteiger partial charge >= 0.3 is 6.18 Å². The van der Waals surface area contributed by atoms with Gasteiger partial charge in [0.25, 0.3) is 11.6 Å². The highest BCUT2D eigenvalue weighted by atomic mass is 35.5. The molecule has 0 bridgehead atoms. The molecular weight excluding hydrogens is 500 g/mol. The Labute approximate surface area is 201 Å². The molecule has 2 fully saturated rings. The van der Waals surface area contributed by atoms with Gasteiger partial charge in [-0.05, 0) is 30.3 Å². The second-order valence-electron chi connectivity index (χ2n) is 7.87. The van der Waals surface area contributed by atoms with Crippen molar-refractivity contribution >= 4 is 52.1 Å². The van der Waals surface area contributed by atoms with Gasteiger partial charge in [-0.25, -0.2) is 4.90 Å². The Balaban J connectivity index is 1.48. The summed E-state index contributed by atoms with van der Waals surface area (Å²) in [5.41, 5.74) is -1.35. The van der Waals surface area contributed by atoms with E-state index < -0.39 is 40.2 Å². The van der Waals surface area contributed by atoms with Crippen LogP contribution in [0.2, 0.25) is 10.0 Å². The minimum atomic E-state index is -4.70. The van der Waals surface area contributed by atoms with Gasteiger partial charge in [0, 0.05) is 32.2 Å². The molecule has 2 aromatic rings. The van der Waals surface area contributed by atoms with Crippen molar-refractivity contribution in [2.45, 2.75) is 18.6 Å². The van der Waals surface area contributed by atoms with Gasteiger partial charge in [-0.3, -0.25) is 24.6 Å². The molecule has 0 aromatic heterocycles. The number of carbonyl (C=O) groups excluding carboxylic acids is 2. The van der Waals surface area contributed by atoms with Gasteiger partial charge in [-0.1, -0.05) is 23.2 Å². The molecule has 2 saturated heterocycles. The number of nitrogens with zero attached hydrogens (tertiary/aromatic N) is 4. The zero-order valence-corrected chi connectivity index (χ0v) is 18.9. The monoisotopic (exact) mass is 516 g/mol. The normalized spacial score (nSPS) is 19.7. The number of hydrogen-bond acceptors (Lipinski definition) is 6. The summed E-state index contributed by atoms with van der Waals surface area (Å²) in [5.74, 6) is -0.813. The van der Waals surface area contributed by atoms with E-state index in [0.717, 1.165) is 17.0 Å². The molecule has 0 spiro atoms. The number of amides is 2. The second-order valence-corrected chi connectivity index (χ2v) is 8.68. The summed E-state index contributed by atoms with van der Waals surface area (Å²) in [6.45, 7) is 1.04. The molecule has 4 rings (SSSR count). The van der Waals surface area contributed by atoms with Crippen LogP contribution < -0.4 is 9.80 Å². The van der Waals surface area contributed by atoms with Crippen LogP contribution in [-0.2, 0) is 15.8 Å². The van der Waals surface area contributed by atoms with Crippen molar-refractivity contribution in [2.75, 3.05) is 36.0 Å². The molecule has 1 atom stereocenters. The van der Waals surface area contributed by atoms with E-state index >= 15 is 0 Å². The number of nitro groups is 1. The van der Waals surface area contributed by atoms with Gasteiger partial charge in [0.1, 0.15) is 5.69 Å². The lowest BCUT2D eigenvalue weighted by atomic mass is 10.1. The molecule has 180 valence electrons. The van der Waals surface area contributed by atoms with Gasteiger partial charge in [-0.2, -0.15) is 13.2 Å². The zero-order valence-electron chi connectivity index (χ0n) is 17.4. The minimum absolute atomic E-state index is 0.0422. The first kappa shape index (κ1) is 24.2. The average Bonchev–Trinajstić information content (AvgIpc) is 3.08. The van der Waals surface area contributed by atoms with Crippen LogP contribution >= 0.6 is 23.2 Å². The van der Waals surface area contributed by atoms with Crippen molar-refractivity contribution < 1.29 is 27.7 Å². The molecule has 13 heteroatoms. The number of imide groups is 1. The van der Waals surface area contributed by atoms with Gasteiger partial charge in [-0.15, -0.1) is 0 Å². The van der Waals surface area contributed by atoms with Crippen molar-refractivity contribution in [1.29, 1.82) is 0 Å². The quantitative estimate of drug-likeness (QED) is 0.340. The Bertz CT molecular complexity index is 1170.